The molecular weight excluding hydrogens is 316 g/mol. The number of nitrogens with zero attached hydrogens (tertiary/aromatic N) is 1. The van der Waals surface area contributed by atoms with Crippen LogP contribution < -0.4 is 14.8 Å². The molecule has 3 rings (SSSR count). The van der Waals surface area contributed by atoms with E-state index < -0.39 is 0 Å². The minimum absolute atomic E-state index is 0.136. The summed E-state index contributed by atoms with van der Waals surface area (Å²) in [6.45, 7) is 10.9. The molecule has 1 N–H and O–H groups in total. The molecule has 1 aromatic carbocycles. The Balaban J connectivity index is 1.52. The fraction of sp³-hybridized carbons (Fsp3) is 0.650. The highest BCUT2D eigenvalue weighted by Crippen LogP contribution is 2.31. The maximum atomic E-state index is 12.1. The van der Waals surface area contributed by atoms with Crippen LogP contribution in [-0.4, -0.2) is 43.7 Å². The van der Waals surface area contributed by atoms with Gasteiger partial charge in [-0.1, -0.05) is 26.8 Å². The van der Waals surface area contributed by atoms with E-state index in [0.717, 1.165) is 37.7 Å². The topological polar surface area (TPSA) is 50.8 Å². The Kier molecular flexibility index (Phi) is 5.52. The lowest BCUT2D eigenvalue weighted by Gasteiger charge is -2.33. The van der Waals surface area contributed by atoms with Crippen LogP contribution in [0.4, 0.5) is 0 Å². The molecule has 1 atom stereocenters. The van der Waals surface area contributed by atoms with Gasteiger partial charge in [-0.05, 0) is 43.0 Å². The van der Waals surface area contributed by atoms with Gasteiger partial charge in [-0.3, -0.25) is 9.69 Å². The van der Waals surface area contributed by atoms with Crippen LogP contribution in [0.2, 0.25) is 0 Å². The van der Waals surface area contributed by atoms with Crippen LogP contribution in [0.25, 0.3) is 0 Å². The van der Waals surface area contributed by atoms with E-state index in [1.807, 2.05) is 26.8 Å². The lowest BCUT2D eigenvalue weighted by molar-refractivity contribution is -0.128. The molecule has 0 saturated carbocycles. The van der Waals surface area contributed by atoms with Crippen molar-refractivity contribution < 1.29 is 14.3 Å². The maximum Gasteiger partial charge on any atom is 0.225 e. The summed E-state index contributed by atoms with van der Waals surface area (Å²) in [5.74, 6) is 2.36. The van der Waals surface area contributed by atoms with Gasteiger partial charge in [0.25, 0.3) is 0 Å². The number of benzene rings is 1. The van der Waals surface area contributed by atoms with Crippen LogP contribution in [0.3, 0.4) is 0 Å². The van der Waals surface area contributed by atoms with Gasteiger partial charge in [0.1, 0.15) is 13.2 Å². The minimum Gasteiger partial charge on any atom is -0.486 e. The summed E-state index contributed by atoms with van der Waals surface area (Å²) in [6.07, 6.45) is 2.36. The van der Waals surface area contributed by atoms with Crippen molar-refractivity contribution in [1.82, 2.24) is 10.2 Å². The Labute approximate surface area is 150 Å². The zero-order chi connectivity index (χ0) is 17.9. The van der Waals surface area contributed by atoms with Crippen LogP contribution >= 0.6 is 0 Å². The Morgan fingerprint density at radius 3 is 2.76 bits per heavy atom. The second-order valence-corrected chi connectivity index (χ2v) is 8.18. The lowest BCUT2D eigenvalue weighted by Crippen LogP contribution is -2.43. The lowest BCUT2D eigenvalue weighted by atomic mass is 9.94. The summed E-state index contributed by atoms with van der Waals surface area (Å²) in [6, 6.07) is 6.23. The largest absolute Gasteiger partial charge is 0.486 e. The van der Waals surface area contributed by atoms with Gasteiger partial charge in [0.15, 0.2) is 11.5 Å². The average molecular weight is 346 g/mol. The number of piperidine rings is 1. The molecular formula is C20H30N2O3. The molecule has 138 valence electrons. The highest BCUT2D eigenvalue weighted by Gasteiger charge is 2.24. The van der Waals surface area contributed by atoms with Crippen molar-refractivity contribution in [3.8, 4) is 11.5 Å². The van der Waals surface area contributed by atoms with Gasteiger partial charge in [0.2, 0.25) is 5.91 Å². The normalized spacial score (nSPS) is 21.0. The number of fused-ring (bicyclic) bond motifs is 1. The van der Waals surface area contributed by atoms with Gasteiger partial charge in [-0.15, -0.1) is 0 Å². The molecule has 0 bridgehead atoms. The third-order valence-corrected chi connectivity index (χ3v) is 4.85. The van der Waals surface area contributed by atoms with Crippen molar-refractivity contribution in [2.75, 3.05) is 32.8 Å². The van der Waals surface area contributed by atoms with E-state index in [1.165, 1.54) is 18.4 Å². The number of ether oxygens (including phenoxy) is 2. The Morgan fingerprint density at radius 2 is 2.00 bits per heavy atom. The first-order chi connectivity index (χ1) is 11.9. The van der Waals surface area contributed by atoms with Crippen molar-refractivity contribution >= 4 is 5.91 Å². The molecule has 2 heterocycles. The number of hydrogen-bond donors (Lipinski definition) is 1. The van der Waals surface area contributed by atoms with E-state index in [0.29, 0.717) is 19.1 Å². The summed E-state index contributed by atoms with van der Waals surface area (Å²) in [5, 5.41) is 3.12. The molecule has 0 aromatic heterocycles. The van der Waals surface area contributed by atoms with E-state index in [4.69, 9.17) is 9.47 Å². The van der Waals surface area contributed by atoms with Crippen LogP contribution in [0, 0.1) is 11.3 Å². The molecule has 1 fully saturated rings. The van der Waals surface area contributed by atoms with Crippen molar-refractivity contribution in [1.29, 1.82) is 0 Å². The third kappa shape index (κ3) is 4.88. The molecule has 0 aliphatic carbocycles. The molecule has 0 unspecified atom stereocenters. The number of carbonyl (C=O) groups excluding carboxylic acids is 1. The summed E-state index contributed by atoms with van der Waals surface area (Å²) < 4.78 is 11.3. The molecule has 25 heavy (non-hydrogen) atoms. The van der Waals surface area contributed by atoms with E-state index in [9.17, 15) is 4.79 Å². The molecule has 1 amide bonds. The Morgan fingerprint density at radius 1 is 1.24 bits per heavy atom. The van der Waals surface area contributed by atoms with Gasteiger partial charge in [-0.2, -0.15) is 0 Å². The number of rotatable bonds is 4. The molecule has 0 radical (unpaired) electrons. The first-order valence-corrected chi connectivity index (χ1v) is 9.31. The first-order valence-electron chi connectivity index (χ1n) is 9.31. The summed E-state index contributed by atoms with van der Waals surface area (Å²) in [4.78, 5) is 14.5. The fourth-order valence-electron chi connectivity index (χ4n) is 3.41. The minimum atomic E-state index is -0.320. The molecule has 1 saturated heterocycles. The van der Waals surface area contributed by atoms with E-state index >= 15 is 0 Å². The summed E-state index contributed by atoms with van der Waals surface area (Å²) in [5.41, 5.74) is 0.933. The molecule has 0 spiro atoms. The second kappa shape index (κ2) is 7.65. The third-order valence-electron chi connectivity index (χ3n) is 4.85. The van der Waals surface area contributed by atoms with Crippen molar-refractivity contribution in [3.05, 3.63) is 23.8 Å². The van der Waals surface area contributed by atoms with Crippen molar-refractivity contribution in [2.45, 2.75) is 40.2 Å². The van der Waals surface area contributed by atoms with Gasteiger partial charge < -0.3 is 14.8 Å². The molecule has 1 aromatic rings. The van der Waals surface area contributed by atoms with Crippen LogP contribution in [-0.2, 0) is 11.3 Å². The van der Waals surface area contributed by atoms with Gasteiger partial charge >= 0.3 is 0 Å². The van der Waals surface area contributed by atoms with E-state index in [1.54, 1.807) is 0 Å². The highest BCUT2D eigenvalue weighted by molar-refractivity contribution is 5.81. The van der Waals surface area contributed by atoms with Crippen LogP contribution in [0.15, 0.2) is 18.2 Å². The van der Waals surface area contributed by atoms with Gasteiger partial charge in [-0.25, -0.2) is 0 Å². The predicted molar refractivity (Wildman–Crippen MR) is 97.9 cm³/mol. The van der Waals surface area contributed by atoms with Crippen molar-refractivity contribution in [3.63, 3.8) is 0 Å². The maximum absolute atomic E-state index is 12.1. The second-order valence-electron chi connectivity index (χ2n) is 8.18. The first kappa shape index (κ1) is 18.1. The molecule has 2 aliphatic rings. The molecule has 2 aliphatic heterocycles. The quantitative estimate of drug-likeness (QED) is 0.911. The van der Waals surface area contributed by atoms with Crippen molar-refractivity contribution in [2.24, 2.45) is 11.3 Å². The number of carbonyl (C=O) groups is 1. The summed E-state index contributed by atoms with van der Waals surface area (Å²) >= 11 is 0. The molecule has 5 heteroatoms. The Bertz CT molecular complexity index is 609. The number of likely N-dealkylation sites (tertiary alicyclic amines) is 1. The highest BCUT2D eigenvalue weighted by atomic mass is 16.6. The smallest absolute Gasteiger partial charge is 0.225 e. The monoisotopic (exact) mass is 346 g/mol. The number of nitrogens with one attached hydrogen (secondary N) is 1. The Hall–Kier alpha value is -1.75. The SMILES string of the molecule is CC(C)(C)C(=O)NC[C@H]1CCCN(Cc2ccc3c(c2)OCCO3)C1. The molecule has 5 nitrogen and oxygen atoms in total. The fourth-order valence-corrected chi connectivity index (χ4v) is 3.41. The van der Waals surface area contributed by atoms with Crippen LogP contribution in [0.1, 0.15) is 39.2 Å². The zero-order valence-electron chi connectivity index (χ0n) is 15.6. The van der Waals surface area contributed by atoms with Crippen LogP contribution in [0.5, 0.6) is 11.5 Å². The zero-order valence-corrected chi connectivity index (χ0v) is 15.6. The predicted octanol–water partition coefficient (Wildman–Crippen LogP) is 2.83. The number of amides is 1. The van der Waals surface area contributed by atoms with E-state index in [2.05, 4.69) is 22.3 Å². The average Bonchev–Trinajstić information content (AvgIpc) is 2.59. The standard InChI is InChI=1S/C20H30N2O3/c1-20(2,3)19(23)21-12-16-5-4-8-22(14-16)13-15-6-7-17-18(11-15)25-10-9-24-17/h6-7,11,16H,4-5,8-10,12-14H2,1-3H3,(H,21,23)/t16-/m1/s1. The van der Waals surface area contributed by atoms with Gasteiger partial charge in [0, 0.05) is 25.0 Å². The van der Waals surface area contributed by atoms with E-state index in [-0.39, 0.29) is 11.3 Å². The van der Waals surface area contributed by atoms with Gasteiger partial charge in [0.05, 0.1) is 0 Å². The number of hydrogen-bond acceptors (Lipinski definition) is 4. The summed E-state index contributed by atoms with van der Waals surface area (Å²) in [7, 11) is 0.